The molecule has 0 aromatic rings. The number of nitrogens with zero attached hydrogens (tertiary/aromatic N) is 2. The lowest BCUT2D eigenvalue weighted by atomic mass is 10.4. The third-order valence-corrected chi connectivity index (χ3v) is 4.28. The third kappa shape index (κ3) is 6.35. The van der Waals surface area contributed by atoms with Crippen molar-refractivity contribution >= 4 is 21.6 Å². The molecule has 0 amide bonds. The molecular weight excluding hydrogens is 236 g/mol. The summed E-state index contributed by atoms with van der Waals surface area (Å²) in [5.41, 5.74) is 0. The van der Waals surface area contributed by atoms with E-state index in [1.807, 2.05) is 25.9 Å². The molecule has 15 heavy (non-hydrogen) atoms. The van der Waals surface area contributed by atoms with Gasteiger partial charge in [-0.2, -0.15) is 0 Å². The van der Waals surface area contributed by atoms with Crippen LogP contribution in [0.4, 0.5) is 0 Å². The average molecular weight is 257 g/mol. The maximum absolute atomic E-state index is 11.8. The maximum Gasteiger partial charge on any atom is 0.215 e. The first kappa shape index (κ1) is 15.2. The lowest BCUT2D eigenvalue weighted by Crippen LogP contribution is -2.38. The van der Waals surface area contributed by atoms with Gasteiger partial charge in [-0.3, -0.25) is 0 Å². The topological polar surface area (TPSA) is 40.6 Å². The predicted molar refractivity (Wildman–Crippen MR) is 64.9 cm³/mol. The van der Waals surface area contributed by atoms with Crippen LogP contribution in [0.5, 0.6) is 0 Å². The minimum absolute atomic E-state index is 0.0297. The van der Waals surface area contributed by atoms with Crippen LogP contribution in [0.2, 0.25) is 0 Å². The molecule has 4 nitrogen and oxygen atoms in total. The minimum Gasteiger partial charge on any atom is -0.308 e. The molecule has 0 saturated carbocycles. The number of hydrogen-bond acceptors (Lipinski definition) is 3. The second kappa shape index (κ2) is 7.44. The van der Waals surface area contributed by atoms with E-state index in [9.17, 15) is 8.42 Å². The molecule has 0 aromatic carbocycles. The van der Waals surface area contributed by atoms with E-state index in [1.165, 1.54) is 4.31 Å². The first-order valence-electron chi connectivity index (χ1n) is 5.12. The predicted octanol–water partition coefficient (Wildman–Crippen LogP) is 0.829. The second-order valence-corrected chi connectivity index (χ2v) is 6.17. The van der Waals surface area contributed by atoms with Crippen molar-refractivity contribution in [3.8, 4) is 0 Å². The molecule has 6 heteroatoms. The lowest BCUT2D eigenvalue weighted by molar-refractivity contribution is 0.333. The van der Waals surface area contributed by atoms with Crippen molar-refractivity contribution in [2.75, 3.05) is 45.4 Å². The summed E-state index contributed by atoms with van der Waals surface area (Å²) >= 11 is 5.48. The fourth-order valence-electron chi connectivity index (χ4n) is 1.18. The van der Waals surface area contributed by atoms with E-state index < -0.39 is 10.0 Å². The highest BCUT2D eigenvalue weighted by molar-refractivity contribution is 7.89. The Labute approximate surface area is 98.2 Å². The van der Waals surface area contributed by atoms with E-state index in [2.05, 4.69) is 0 Å². The van der Waals surface area contributed by atoms with Crippen molar-refractivity contribution < 1.29 is 8.42 Å². The van der Waals surface area contributed by atoms with E-state index in [0.717, 1.165) is 13.0 Å². The zero-order valence-corrected chi connectivity index (χ0v) is 11.3. The average Bonchev–Trinajstić information content (AvgIpc) is 2.11. The van der Waals surface area contributed by atoms with Gasteiger partial charge in [-0.15, -0.1) is 11.6 Å². The Morgan fingerprint density at radius 2 is 1.73 bits per heavy atom. The van der Waals surface area contributed by atoms with E-state index in [1.54, 1.807) is 0 Å². The first-order valence-corrected chi connectivity index (χ1v) is 7.27. The summed E-state index contributed by atoms with van der Waals surface area (Å²) < 4.78 is 25.0. The van der Waals surface area contributed by atoms with Gasteiger partial charge >= 0.3 is 0 Å². The van der Waals surface area contributed by atoms with Crippen LogP contribution >= 0.6 is 11.6 Å². The Bertz CT molecular complexity index is 255. The van der Waals surface area contributed by atoms with Gasteiger partial charge in [-0.1, -0.05) is 6.92 Å². The largest absolute Gasteiger partial charge is 0.308 e. The fourth-order valence-corrected chi connectivity index (χ4v) is 3.04. The van der Waals surface area contributed by atoms with Gasteiger partial charge in [0.1, 0.15) is 0 Å². The molecule has 0 aliphatic heterocycles. The first-order chi connectivity index (χ1) is 6.94. The third-order valence-electron chi connectivity index (χ3n) is 2.00. The van der Waals surface area contributed by atoms with Gasteiger partial charge in [0.2, 0.25) is 10.0 Å². The van der Waals surface area contributed by atoms with Crippen molar-refractivity contribution in [2.24, 2.45) is 0 Å². The number of likely N-dealkylation sites (N-methyl/N-ethyl adjacent to an activating group) is 1. The molecule has 0 aromatic heterocycles. The van der Waals surface area contributed by atoms with Crippen LogP contribution in [0.25, 0.3) is 0 Å². The SMILES string of the molecule is CCCN(CCN(C)C)S(=O)(=O)CCCl. The number of rotatable bonds is 8. The zero-order chi connectivity index (χ0) is 11.9. The highest BCUT2D eigenvalue weighted by Gasteiger charge is 2.20. The Morgan fingerprint density at radius 1 is 1.13 bits per heavy atom. The molecule has 0 fully saturated rings. The van der Waals surface area contributed by atoms with Crippen molar-refractivity contribution in [2.45, 2.75) is 13.3 Å². The molecule has 0 saturated heterocycles. The highest BCUT2D eigenvalue weighted by Crippen LogP contribution is 2.03. The molecule has 0 unspecified atom stereocenters. The summed E-state index contributed by atoms with van der Waals surface area (Å²) in [5.74, 6) is 0.187. The molecular formula is C9H21ClN2O2S. The summed E-state index contributed by atoms with van der Waals surface area (Å²) in [6.45, 7) is 3.83. The van der Waals surface area contributed by atoms with Crippen molar-refractivity contribution in [1.29, 1.82) is 0 Å². The molecule has 92 valence electrons. The summed E-state index contributed by atoms with van der Waals surface area (Å²) in [5, 5.41) is 0. The number of sulfonamides is 1. The van der Waals surface area contributed by atoms with Gasteiger partial charge < -0.3 is 4.90 Å². The minimum atomic E-state index is -3.16. The van der Waals surface area contributed by atoms with Crippen LogP contribution < -0.4 is 0 Å². The van der Waals surface area contributed by atoms with Gasteiger partial charge in [0, 0.05) is 25.5 Å². The van der Waals surface area contributed by atoms with Gasteiger partial charge in [-0.25, -0.2) is 12.7 Å². The summed E-state index contributed by atoms with van der Waals surface area (Å²) in [4.78, 5) is 1.97. The fraction of sp³-hybridized carbons (Fsp3) is 1.00. The second-order valence-electron chi connectivity index (χ2n) is 3.71. The van der Waals surface area contributed by atoms with Crippen LogP contribution in [0.15, 0.2) is 0 Å². The van der Waals surface area contributed by atoms with Crippen molar-refractivity contribution in [3.63, 3.8) is 0 Å². The monoisotopic (exact) mass is 256 g/mol. The highest BCUT2D eigenvalue weighted by atomic mass is 35.5. The number of alkyl halides is 1. The van der Waals surface area contributed by atoms with Gasteiger partial charge in [0.25, 0.3) is 0 Å². The van der Waals surface area contributed by atoms with E-state index in [4.69, 9.17) is 11.6 Å². The smallest absolute Gasteiger partial charge is 0.215 e. The van der Waals surface area contributed by atoms with Crippen LogP contribution in [0, 0.1) is 0 Å². The van der Waals surface area contributed by atoms with E-state index >= 15 is 0 Å². The van der Waals surface area contributed by atoms with E-state index in [0.29, 0.717) is 13.1 Å². The van der Waals surface area contributed by atoms with Gasteiger partial charge in [-0.05, 0) is 20.5 Å². The molecule has 0 aliphatic carbocycles. The van der Waals surface area contributed by atoms with Gasteiger partial charge in [0.15, 0.2) is 0 Å². The quantitative estimate of drug-likeness (QED) is 0.604. The molecule has 0 rings (SSSR count). The molecule has 0 bridgehead atoms. The van der Waals surface area contributed by atoms with Crippen LogP contribution in [-0.2, 0) is 10.0 Å². The molecule has 0 heterocycles. The van der Waals surface area contributed by atoms with Crippen LogP contribution in [0.1, 0.15) is 13.3 Å². The Balaban J connectivity index is 4.37. The molecule has 0 aliphatic rings. The van der Waals surface area contributed by atoms with Crippen LogP contribution in [0.3, 0.4) is 0 Å². The lowest BCUT2D eigenvalue weighted by Gasteiger charge is -2.22. The molecule has 0 N–H and O–H groups in total. The molecule has 0 atom stereocenters. The number of hydrogen-bond donors (Lipinski definition) is 0. The normalized spacial score (nSPS) is 12.7. The van der Waals surface area contributed by atoms with E-state index in [-0.39, 0.29) is 11.6 Å². The Hall–Kier alpha value is 0.160. The summed E-state index contributed by atoms with van der Waals surface area (Å²) in [7, 11) is 0.702. The van der Waals surface area contributed by atoms with Crippen molar-refractivity contribution in [3.05, 3.63) is 0 Å². The van der Waals surface area contributed by atoms with Crippen molar-refractivity contribution in [1.82, 2.24) is 9.21 Å². The molecule has 0 spiro atoms. The summed E-state index contributed by atoms with van der Waals surface area (Å²) in [6, 6.07) is 0. The standard InChI is InChI=1S/C9H21ClN2O2S/c1-4-6-12(8-7-11(2)3)15(13,14)9-5-10/h4-9H2,1-3H3. The summed E-state index contributed by atoms with van der Waals surface area (Å²) in [6.07, 6.45) is 0.828. The van der Waals surface area contributed by atoms with Gasteiger partial charge in [0.05, 0.1) is 5.75 Å². The zero-order valence-electron chi connectivity index (χ0n) is 9.74. The Kier molecular flexibility index (Phi) is 7.52. The molecule has 0 radical (unpaired) electrons. The maximum atomic E-state index is 11.8. The van der Waals surface area contributed by atoms with Crippen LogP contribution in [-0.4, -0.2) is 63.0 Å². The number of halogens is 1. The Morgan fingerprint density at radius 3 is 2.13 bits per heavy atom.